The molecule has 0 bridgehead atoms. The Bertz CT molecular complexity index is 1430. The summed E-state index contributed by atoms with van der Waals surface area (Å²) in [6.45, 7) is 11.8. The summed E-state index contributed by atoms with van der Waals surface area (Å²) in [4.78, 5) is 29.2. The molecule has 0 unspecified atom stereocenters. The molecule has 7 nitrogen and oxygen atoms in total. The van der Waals surface area contributed by atoms with Crippen LogP contribution < -0.4 is 9.62 Å². The van der Waals surface area contributed by atoms with Crippen molar-refractivity contribution in [1.82, 2.24) is 10.2 Å². The fraction of sp³-hybridized carbons (Fsp3) is 0.394. The van der Waals surface area contributed by atoms with Gasteiger partial charge in [-0.25, -0.2) is 8.42 Å². The molecule has 220 valence electrons. The van der Waals surface area contributed by atoms with Gasteiger partial charge in [0.15, 0.2) is 0 Å². The Labute approximate surface area is 245 Å². The molecular weight excluding hydrogens is 534 g/mol. The maximum absolute atomic E-state index is 14.2. The molecule has 0 fully saturated rings. The Balaban J connectivity index is 2.08. The summed E-state index contributed by atoms with van der Waals surface area (Å²) in [7, 11) is -4.10. The summed E-state index contributed by atoms with van der Waals surface area (Å²) < 4.78 is 29.3. The highest BCUT2D eigenvalue weighted by molar-refractivity contribution is 7.92. The zero-order valence-electron chi connectivity index (χ0n) is 25.1. The number of sulfonamides is 1. The minimum absolute atomic E-state index is 0.102. The van der Waals surface area contributed by atoms with Crippen LogP contribution in [-0.4, -0.2) is 44.3 Å². The predicted molar refractivity (Wildman–Crippen MR) is 165 cm³/mol. The molecule has 0 aliphatic carbocycles. The topological polar surface area (TPSA) is 86.8 Å². The van der Waals surface area contributed by atoms with Crippen LogP contribution in [0.1, 0.15) is 60.9 Å². The first-order chi connectivity index (χ1) is 19.5. The van der Waals surface area contributed by atoms with Crippen molar-refractivity contribution < 1.29 is 18.0 Å². The number of nitrogens with zero attached hydrogens (tertiary/aromatic N) is 2. The van der Waals surface area contributed by atoms with E-state index in [9.17, 15) is 18.0 Å². The highest BCUT2D eigenvalue weighted by Gasteiger charge is 2.34. The summed E-state index contributed by atoms with van der Waals surface area (Å²) >= 11 is 0. The molecule has 3 rings (SSSR count). The van der Waals surface area contributed by atoms with Crippen LogP contribution in [0.4, 0.5) is 5.69 Å². The first-order valence-electron chi connectivity index (χ1n) is 14.3. The number of amides is 2. The maximum Gasteiger partial charge on any atom is 0.264 e. The molecule has 8 heteroatoms. The molecule has 41 heavy (non-hydrogen) atoms. The molecule has 0 saturated heterocycles. The van der Waals surface area contributed by atoms with Crippen molar-refractivity contribution >= 4 is 27.5 Å². The number of hydrogen-bond donors (Lipinski definition) is 1. The second-order valence-electron chi connectivity index (χ2n) is 10.7. The third-order valence-electron chi connectivity index (χ3n) is 7.20. The van der Waals surface area contributed by atoms with Crippen LogP contribution in [0.5, 0.6) is 0 Å². The molecule has 0 radical (unpaired) electrons. The summed E-state index contributed by atoms with van der Waals surface area (Å²) in [5, 5.41) is 2.97. The van der Waals surface area contributed by atoms with Crippen LogP contribution >= 0.6 is 0 Å². The van der Waals surface area contributed by atoms with Crippen LogP contribution in [0.3, 0.4) is 0 Å². The van der Waals surface area contributed by atoms with Gasteiger partial charge in [-0.1, -0.05) is 68.3 Å². The lowest BCUT2D eigenvalue weighted by molar-refractivity contribution is -0.140. The Morgan fingerprint density at radius 3 is 2.07 bits per heavy atom. The lowest BCUT2D eigenvalue weighted by atomic mass is 10.1. The van der Waals surface area contributed by atoms with Gasteiger partial charge in [-0.2, -0.15) is 0 Å². The number of carbonyl (C=O) groups excluding carboxylic acids is 2. The van der Waals surface area contributed by atoms with E-state index >= 15 is 0 Å². The van der Waals surface area contributed by atoms with Gasteiger partial charge in [0.2, 0.25) is 11.8 Å². The summed E-state index contributed by atoms with van der Waals surface area (Å²) in [6, 6.07) is 19.1. The van der Waals surface area contributed by atoms with Crippen molar-refractivity contribution in [2.24, 2.45) is 0 Å². The van der Waals surface area contributed by atoms with Crippen LogP contribution in [0, 0.1) is 27.7 Å². The predicted octanol–water partition coefficient (Wildman–Crippen LogP) is 5.84. The van der Waals surface area contributed by atoms with Crippen molar-refractivity contribution in [3.63, 3.8) is 0 Å². The van der Waals surface area contributed by atoms with Crippen molar-refractivity contribution in [2.75, 3.05) is 17.4 Å². The smallest absolute Gasteiger partial charge is 0.264 e. The lowest BCUT2D eigenvalue weighted by Crippen LogP contribution is -2.52. The van der Waals surface area contributed by atoms with Gasteiger partial charge in [0.25, 0.3) is 10.0 Å². The van der Waals surface area contributed by atoms with E-state index in [0.29, 0.717) is 18.7 Å². The Morgan fingerprint density at radius 2 is 1.49 bits per heavy atom. The summed E-state index contributed by atoms with van der Waals surface area (Å²) in [5.74, 6) is -0.678. The third-order valence-corrected chi connectivity index (χ3v) is 8.99. The van der Waals surface area contributed by atoms with Gasteiger partial charge in [-0.15, -0.1) is 0 Å². The van der Waals surface area contributed by atoms with Crippen molar-refractivity contribution in [1.29, 1.82) is 0 Å². The fourth-order valence-corrected chi connectivity index (χ4v) is 6.26. The average molecular weight is 578 g/mol. The SMILES string of the molecule is CCCCNC(=O)[C@H](CC)N(Cc1ccccc1C)C(=O)CN(c1cc(C)cc(C)c1)S(=O)(=O)c1ccc(C)cc1. The van der Waals surface area contributed by atoms with Gasteiger partial charge in [-0.3, -0.25) is 13.9 Å². The molecule has 3 aromatic rings. The molecule has 0 aromatic heterocycles. The van der Waals surface area contributed by atoms with E-state index < -0.39 is 28.5 Å². The van der Waals surface area contributed by atoms with Gasteiger partial charge in [-0.05, 0) is 87.1 Å². The van der Waals surface area contributed by atoms with Crippen LogP contribution in [-0.2, 0) is 26.2 Å². The molecule has 0 aliphatic rings. The van der Waals surface area contributed by atoms with Gasteiger partial charge >= 0.3 is 0 Å². The first-order valence-corrected chi connectivity index (χ1v) is 15.7. The molecule has 0 aliphatic heterocycles. The van der Waals surface area contributed by atoms with E-state index in [1.165, 1.54) is 9.21 Å². The largest absolute Gasteiger partial charge is 0.354 e. The quantitative estimate of drug-likeness (QED) is 0.259. The fourth-order valence-electron chi connectivity index (χ4n) is 4.86. The minimum Gasteiger partial charge on any atom is -0.354 e. The lowest BCUT2D eigenvalue weighted by Gasteiger charge is -2.33. The molecule has 3 aromatic carbocycles. The van der Waals surface area contributed by atoms with E-state index in [4.69, 9.17) is 0 Å². The zero-order chi connectivity index (χ0) is 30.2. The molecular formula is C33H43N3O4S. The number of aryl methyl sites for hydroxylation is 4. The highest BCUT2D eigenvalue weighted by atomic mass is 32.2. The van der Waals surface area contributed by atoms with E-state index in [1.807, 2.05) is 71.9 Å². The highest BCUT2D eigenvalue weighted by Crippen LogP contribution is 2.27. The number of anilines is 1. The molecule has 1 atom stereocenters. The normalized spacial score (nSPS) is 12.0. The molecule has 0 saturated carbocycles. The standard InChI is InChI=1S/C33H43N3O4S/c1-7-9-18-34-33(38)31(8-2)35(22-28-13-11-10-12-27(28)6)32(37)23-36(29-20-25(4)19-26(5)21-29)41(39,40)30-16-14-24(3)15-17-30/h10-17,19-21,31H,7-9,18,22-23H2,1-6H3,(H,34,38)/t31-/m0/s1. The Kier molecular flexibility index (Phi) is 11.1. The molecule has 0 spiro atoms. The van der Waals surface area contributed by atoms with E-state index in [-0.39, 0.29) is 17.3 Å². The summed E-state index contributed by atoms with van der Waals surface area (Å²) in [5.41, 5.74) is 5.00. The summed E-state index contributed by atoms with van der Waals surface area (Å²) in [6.07, 6.45) is 2.16. The monoisotopic (exact) mass is 577 g/mol. The van der Waals surface area contributed by atoms with E-state index in [2.05, 4.69) is 5.32 Å². The second kappa shape index (κ2) is 14.3. The second-order valence-corrected chi connectivity index (χ2v) is 12.5. The van der Waals surface area contributed by atoms with Gasteiger partial charge in [0.1, 0.15) is 12.6 Å². The maximum atomic E-state index is 14.2. The number of hydrogen-bond acceptors (Lipinski definition) is 4. The van der Waals surface area contributed by atoms with Crippen LogP contribution in [0.25, 0.3) is 0 Å². The number of rotatable bonds is 13. The number of benzene rings is 3. The minimum atomic E-state index is -4.10. The van der Waals surface area contributed by atoms with E-state index in [0.717, 1.165) is 40.7 Å². The van der Waals surface area contributed by atoms with Crippen molar-refractivity contribution in [2.45, 2.75) is 78.3 Å². The Hall–Kier alpha value is -3.65. The van der Waals surface area contributed by atoms with E-state index in [1.54, 1.807) is 36.4 Å². The van der Waals surface area contributed by atoms with Crippen molar-refractivity contribution in [3.8, 4) is 0 Å². The number of carbonyl (C=O) groups is 2. The molecule has 1 N–H and O–H groups in total. The zero-order valence-corrected chi connectivity index (χ0v) is 25.9. The molecule has 0 heterocycles. The van der Waals surface area contributed by atoms with Crippen LogP contribution in [0.15, 0.2) is 71.6 Å². The van der Waals surface area contributed by atoms with Crippen molar-refractivity contribution in [3.05, 3.63) is 94.5 Å². The van der Waals surface area contributed by atoms with Gasteiger partial charge in [0.05, 0.1) is 10.6 Å². The number of nitrogens with one attached hydrogen (secondary N) is 1. The van der Waals surface area contributed by atoms with Crippen LogP contribution in [0.2, 0.25) is 0 Å². The van der Waals surface area contributed by atoms with Gasteiger partial charge < -0.3 is 10.2 Å². The third kappa shape index (κ3) is 8.19. The first kappa shape index (κ1) is 31.9. The Morgan fingerprint density at radius 1 is 0.854 bits per heavy atom. The van der Waals surface area contributed by atoms with Gasteiger partial charge in [0, 0.05) is 13.1 Å². The number of unbranched alkanes of at least 4 members (excludes halogenated alkanes) is 1. The molecule has 2 amide bonds. The average Bonchev–Trinajstić information content (AvgIpc) is 2.92.